The van der Waals surface area contributed by atoms with E-state index in [1.54, 1.807) is 6.26 Å². The average Bonchev–Trinajstić information content (AvgIpc) is 2.38. The highest BCUT2D eigenvalue weighted by Gasteiger charge is 2.09. The smallest absolute Gasteiger partial charge is 0.149 e. The summed E-state index contributed by atoms with van der Waals surface area (Å²) in [7, 11) is 0. The molecule has 0 bridgehead atoms. The van der Waals surface area contributed by atoms with Gasteiger partial charge in [0.25, 0.3) is 0 Å². The van der Waals surface area contributed by atoms with Gasteiger partial charge >= 0.3 is 0 Å². The third-order valence-corrected chi connectivity index (χ3v) is 4.85. The molecule has 0 heterocycles. The minimum atomic E-state index is -0.894. The molecule has 3 atom stereocenters. The Hall–Kier alpha value is 0.500. The van der Waals surface area contributed by atoms with Gasteiger partial charge in [0.15, 0.2) is 0 Å². The minimum absolute atomic E-state index is 0.345. The second-order valence-electron chi connectivity index (χ2n) is 4.23. The van der Waals surface area contributed by atoms with Gasteiger partial charge in [0.1, 0.15) is 17.3 Å². The number of hydrogen-bond acceptors (Lipinski definition) is 5. The molecule has 0 aliphatic carbocycles. The summed E-state index contributed by atoms with van der Waals surface area (Å²) in [5.41, 5.74) is 0. The highest BCUT2D eigenvalue weighted by atomic mass is 32.2. The fraction of sp³-hybridized carbons (Fsp3) is 1.00. The maximum absolute atomic E-state index is 11.5. The first kappa shape index (κ1) is 19.5. The van der Waals surface area contributed by atoms with Gasteiger partial charge in [0.05, 0.1) is 38.8 Å². The van der Waals surface area contributed by atoms with Crippen molar-refractivity contribution >= 4 is 22.4 Å². The van der Waals surface area contributed by atoms with Crippen LogP contribution in [0.3, 0.4) is 0 Å². The predicted octanol–water partition coefficient (Wildman–Crippen LogP) is 0.308. The van der Waals surface area contributed by atoms with Gasteiger partial charge in [-0.3, -0.25) is 0 Å². The molecule has 0 aromatic carbocycles. The molecule has 1 N–H and O–H groups in total. The molecule has 0 aromatic rings. The molecular formula is C12H26O5S2. The van der Waals surface area contributed by atoms with E-state index >= 15 is 0 Å². The first-order valence-corrected chi connectivity index (χ1v) is 9.76. The van der Waals surface area contributed by atoms with Crippen LogP contribution in [0.4, 0.5) is 0 Å². The standard InChI is InChI=1S/C12H26O5S2/c1-3-12(13)11-17-7-6-16-5-4-8-19(15)10-9-18(2)14/h12-13H,3-11H2,1-2H3. The van der Waals surface area contributed by atoms with E-state index in [1.807, 2.05) is 6.92 Å². The van der Waals surface area contributed by atoms with E-state index in [9.17, 15) is 14.2 Å². The van der Waals surface area contributed by atoms with Gasteiger partial charge in [-0.1, -0.05) is 18.1 Å². The molecule has 0 aromatic heterocycles. The van der Waals surface area contributed by atoms with E-state index in [1.165, 1.54) is 0 Å². The Bertz CT molecular complexity index is 195. The lowest BCUT2D eigenvalue weighted by atomic mass is 10.3. The lowest BCUT2D eigenvalue weighted by molar-refractivity contribution is 0.00314. The maximum Gasteiger partial charge on any atom is 0.149 e. The van der Waals surface area contributed by atoms with Gasteiger partial charge in [-0.15, -0.1) is 0 Å². The van der Waals surface area contributed by atoms with Gasteiger partial charge in [-0.2, -0.15) is 0 Å². The monoisotopic (exact) mass is 314 g/mol. The largest absolute Gasteiger partial charge is 0.616 e. The molecule has 19 heavy (non-hydrogen) atoms. The van der Waals surface area contributed by atoms with Crippen molar-refractivity contribution in [1.82, 2.24) is 0 Å². The first-order chi connectivity index (χ1) is 9.06. The summed E-state index contributed by atoms with van der Waals surface area (Å²) < 4.78 is 32.8. The lowest BCUT2D eigenvalue weighted by Gasteiger charge is -2.12. The molecule has 0 aliphatic rings. The quantitative estimate of drug-likeness (QED) is 0.390. The van der Waals surface area contributed by atoms with E-state index < -0.39 is 28.5 Å². The maximum atomic E-state index is 11.5. The molecule has 0 amide bonds. The molecule has 5 nitrogen and oxygen atoms in total. The van der Waals surface area contributed by atoms with Gasteiger partial charge in [-0.05, 0) is 17.6 Å². The average molecular weight is 314 g/mol. The Balaban J connectivity index is 3.18. The van der Waals surface area contributed by atoms with Crippen LogP contribution in [0, 0.1) is 0 Å². The van der Waals surface area contributed by atoms with Crippen LogP contribution in [0.15, 0.2) is 0 Å². The van der Waals surface area contributed by atoms with E-state index in [-0.39, 0.29) is 0 Å². The molecule has 0 fully saturated rings. The molecule has 0 spiro atoms. The zero-order valence-electron chi connectivity index (χ0n) is 11.8. The number of rotatable bonds is 13. The number of hydrogen-bond donors (Lipinski definition) is 1. The van der Waals surface area contributed by atoms with Crippen molar-refractivity contribution in [2.75, 3.05) is 49.9 Å². The van der Waals surface area contributed by atoms with Crippen LogP contribution in [-0.4, -0.2) is 70.3 Å². The molecule has 0 saturated heterocycles. The lowest BCUT2D eigenvalue weighted by Crippen LogP contribution is -2.20. The fourth-order valence-corrected chi connectivity index (χ4v) is 3.52. The van der Waals surface area contributed by atoms with Crippen molar-refractivity contribution in [2.45, 2.75) is 25.9 Å². The zero-order valence-corrected chi connectivity index (χ0v) is 13.5. The predicted molar refractivity (Wildman–Crippen MR) is 79.4 cm³/mol. The second-order valence-corrected chi connectivity index (χ2v) is 7.48. The molecule has 0 radical (unpaired) electrons. The Labute approximate surface area is 122 Å². The summed E-state index contributed by atoms with van der Waals surface area (Å²) in [6, 6.07) is 0. The highest BCUT2D eigenvalue weighted by Crippen LogP contribution is 1.97. The molecule has 0 rings (SSSR count). The molecule has 7 heteroatoms. The minimum Gasteiger partial charge on any atom is -0.616 e. The molecule has 0 saturated carbocycles. The van der Waals surface area contributed by atoms with E-state index in [0.717, 1.165) is 6.42 Å². The Morgan fingerprint density at radius 1 is 1.05 bits per heavy atom. The summed E-state index contributed by atoms with van der Waals surface area (Å²) in [6.45, 7) is 3.76. The van der Waals surface area contributed by atoms with Crippen molar-refractivity contribution in [2.24, 2.45) is 0 Å². The summed E-state index contributed by atoms with van der Waals surface area (Å²) >= 11 is -1.76. The Kier molecular flexibility index (Phi) is 13.8. The Morgan fingerprint density at radius 3 is 2.37 bits per heavy atom. The van der Waals surface area contributed by atoms with Gasteiger partial charge in [0.2, 0.25) is 0 Å². The summed E-state index contributed by atoms with van der Waals surface area (Å²) in [5.74, 6) is 1.59. The molecule has 0 aliphatic heterocycles. The number of aliphatic hydroxyl groups is 1. The van der Waals surface area contributed by atoms with Crippen molar-refractivity contribution in [1.29, 1.82) is 0 Å². The topological polar surface area (TPSA) is 84.8 Å². The van der Waals surface area contributed by atoms with Gasteiger partial charge in [-0.25, -0.2) is 0 Å². The third kappa shape index (κ3) is 14.7. The van der Waals surface area contributed by atoms with Crippen molar-refractivity contribution < 1.29 is 23.7 Å². The molecule has 3 unspecified atom stereocenters. The number of aliphatic hydroxyl groups excluding tert-OH is 1. The van der Waals surface area contributed by atoms with Crippen LogP contribution in [0.5, 0.6) is 0 Å². The van der Waals surface area contributed by atoms with Crippen LogP contribution in [0.1, 0.15) is 19.8 Å². The summed E-state index contributed by atoms with van der Waals surface area (Å²) in [5, 5.41) is 9.23. The SMILES string of the molecule is CCC(O)COCCOCCC[S+]([O-])CC[S+](C)[O-]. The summed E-state index contributed by atoms with van der Waals surface area (Å²) in [4.78, 5) is 0. The van der Waals surface area contributed by atoms with Crippen LogP contribution in [-0.2, 0) is 31.8 Å². The fourth-order valence-electron chi connectivity index (χ4n) is 1.19. The van der Waals surface area contributed by atoms with Crippen molar-refractivity contribution in [3.05, 3.63) is 0 Å². The third-order valence-electron chi connectivity index (χ3n) is 2.41. The second kappa shape index (κ2) is 13.5. The zero-order chi connectivity index (χ0) is 14.5. The van der Waals surface area contributed by atoms with Crippen LogP contribution >= 0.6 is 0 Å². The van der Waals surface area contributed by atoms with E-state index in [4.69, 9.17) is 9.47 Å². The van der Waals surface area contributed by atoms with Crippen molar-refractivity contribution in [3.8, 4) is 0 Å². The highest BCUT2D eigenvalue weighted by molar-refractivity contribution is 7.94. The Morgan fingerprint density at radius 2 is 1.74 bits per heavy atom. The van der Waals surface area contributed by atoms with Crippen LogP contribution in [0.2, 0.25) is 0 Å². The van der Waals surface area contributed by atoms with Gasteiger partial charge < -0.3 is 23.7 Å². The van der Waals surface area contributed by atoms with E-state index in [0.29, 0.717) is 50.1 Å². The molecular weight excluding hydrogens is 288 g/mol. The van der Waals surface area contributed by atoms with E-state index in [2.05, 4.69) is 0 Å². The van der Waals surface area contributed by atoms with Crippen LogP contribution in [0.25, 0.3) is 0 Å². The molecule has 116 valence electrons. The number of ether oxygens (including phenoxy) is 2. The van der Waals surface area contributed by atoms with Gasteiger partial charge in [0, 0.05) is 6.42 Å². The summed E-state index contributed by atoms with van der Waals surface area (Å²) in [6.07, 6.45) is 2.65. The first-order valence-electron chi connectivity index (χ1n) is 6.54. The van der Waals surface area contributed by atoms with Crippen molar-refractivity contribution in [3.63, 3.8) is 0 Å². The van der Waals surface area contributed by atoms with Crippen LogP contribution < -0.4 is 0 Å². The normalized spacial score (nSPS) is 16.3.